The number of halogens is 3. The van der Waals surface area contributed by atoms with Gasteiger partial charge >= 0.3 is 6.18 Å². The zero-order valence-corrected chi connectivity index (χ0v) is 19.7. The molecule has 34 heavy (non-hydrogen) atoms. The summed E-state index contributed by atoms with van der Waals surface area (Å²) in [6, 6.07) is 8.59. The van der Waals surface area contributed by atoms with Crippen LogP contribution >= 0.6 is 11.3 Å². The second-order valence-electron chi connectivity index (χ2n) is 6.93. The monoisotopic (exact) mass is 515 g/mol. The summed E-state index contributed by atoms with van der Waals surface area (Å²) >= 11 is 1.12. The largest absolute Gasteiger partial charge is 0.497 e. The number of nitrogens with zero attached hydrogens (tertiary/aromatic N) is 2. The SMILES string of the molecule is COc1ccc(NC(=O)CCCS(=O)(=O)c2nc(-c3cccs3)cc(C(F)(F)F)n2)c(OC)c1. The van der Waals surface area contributed by atoms with Crippen molar-refractivity contribution in [2.75, 3.05) is 25.3 Å². The highest BCUT2D eigenvalue weighted by molar-refractivity contribution is 7.91. The Kier molecular flexibility index (Phi) is 7.77. The van der Waals surface area contributed by atoms with Crippen molar-refractivity contribution < 1.29 is 35.9 Å². The third-order valence-electron chi connectivity index (χ3n) is 4.55. The van der Waals surface area contributed by atoms with Crippen molar-refractivity contribution in [1.29, 1.82) is 0 Å². The molecule has 0 saturated heterocycles. The van der Waals surface area contributed by atoms with Gasteiger partial charge in [-0.15, -0.1) is 11.3 Å². The number of hydrogen-bond donors (Lipinski definition) is 1. The number of sulfone groups is 1. The molecule has 1 aromatic carbocycles. The van der Waals surface area contributed by atoms with Crippen LogP contribution in [-0.2, 0) is 20.8 Å². The molecule has 0 aliphatic rings. The van der Waals surface area contributed by atoms with E-state index in [0.717, 1.165) is 11.3 Å². The van der Waals surface area contributed by atoms with Crippen molar-refractivity contribution in [1.82, 2.24) is 9.97 Å². The maximum absolute atomic E-state index is 13.3. The predicted octanol–water partition coefficient (Wildman–Crippen LogP) is 4.43. The van der Waals surface area contributed by atoms with E-state index in [0.29, 0.717) is 28.1 Å². The second-order valence-corrected chi connectivity index (χ2v) is 9.88. The van der Waals surface area contributed by atoms with Crippen LogP contribution in [0.25, 0.3) is 10.6 Å². The summed E-state index contributed by atoms with van der Waals surface area (Å²) in [7, 11) is -1.40. The number of benzene rings is 1. The lowest BCUT2D eigenvalue weighted by Crippen LogP contribution is -2.18. The number of rotatable bonds is 9. The Hall–Kier alpha value is -3.19. The van der Waals surface area contributed by atoms with E-state index in [1.807, 2.05) is 0 Å². The van der Waals surface area contributed by atoms with Gasteiger partial charge in [0.05, 0.1) is 36.2 Å². The molecule has 182 valence electrons. The molecule has 0 unspecified atom stereocenters. The van der Waals surface area contributed by atoms with Crippen molar-refractivity contribution >= 4 is 32.8 Å². The molecule has 0 fully saturated rings. The normalized spacial score (nSPS) is 11.8. The Morgan fingerprint density at radius 3 is 2.50 bits per heavy atom. The number of ether oxygens (including phenoxy) is 2. The summed E-state index contributed by atoms with van der Waals surface area (Å²) < 4.78 is 75.5. The summed E-state index contributed by atoms with van der Waals surface area (Å²) in [5.74, 6) is -0.239. The number of thiophene rings is 1. The summed E-state index contributed by atoms with van der Waals surface area (Å²) in [6.07, 6.45) is -5.21. The minimum atomic E-state index is -4.85. The molecular weight excluding hydrogens is 495 g/mol. The van der Waals surface area contributed by atoms with Gasteiger partial charge in [0.1, 0.15) is 17.2 Å². The zero-order chi connectivity index (χ0) is 24.9. The Labute approximate surface area is 197 Å². The summed E-state index contributed by atoms with van der Waals surface area (Å²) in [6.45, 7) is 0. The molecule has 0 spiro atoms. The fraction of sp³-hybridized carbons (Fsp3) is 0.286. The van der Waals surface area contributed by atoms with E-state index in [2.05, 4.69) is 15.3 Å². The van der Waals surface area contributed by atoms with Crippen LogP contribution in [0.2, 0.25) is 0 Å². The number of carbonyl (C=O) groups is 1. The van der Waals surface area contributed by atoms with Gasteiger partial charge < -0.3 is 14.8 Å². The van der Waals surface area contributed by atoms with Crippen LogP contribution in [0, 0.1) is 0 Å². The van der Waals surface area contributed by atoms with Crippen molar-refractivity contribution in [2.45, 2.75) is 24.2 Å². The first kappa shape index (κ1) is 25.4. The van der Waals surface area contributed by atoms with Gasteiger partial charge in [-0.1, -0.05) is 6.07 Å². The maximum atomic E-state index is 13.3. The van der Waals surface area contributed by atoms with Gasteiger partial charge in [0.2, 0.25) is 20.9 Å². The first-order chi connectivity index (χ1) is 16.0. The van der Waals surface area contributed by atoms with E-state index in [-0.39, 0.29) is 18.5 Å². The maximum Gasteiger partial charge on any atom is 0.433 e. The van der Waals surface area contributed by atoms with Crippen molar-refractivity contribution in [3.8, 4) is 22.1 Å². The fourth-order valence-electron chi connectivity index (χ4n) is 2.89. The quantitative estimate of drug-likeness (QED) is 0.420. The number of aromatic nitrogens is 2. The van der Waals surface area contributed by atoms with Gasteiger partial charge in [0, 0.05) is 12.5 Å². The lowest BCUT2D eigenvalue weighted by atomic mass is 10.2. The second kappa shape index (κ2) is 10.4. The van der Waals surface area contributed by atoms with E-state index in [1.54, 1.807) is 29.6 Å². The van der Waals surface area contributed by atoms with E-state index in [1.165, 1.54) is 20.3 Å². The van der Waals surface area contributed by atoms with E-state index in [9.17, 15) is 26.4 Å². The van der Waals surface area contributed by atoms with Crippen LogP contribution in [0.1, 0.15) is 18.5 Å². The molecule has 0 radical (unpaired) electrons. The zero-order valence-electron chi connectivity index (χ0n) is 18.0. The molecular formula is C21H20F3N3O5S2. The Bertz CT molecular complexity index is 1260. The topological polar surface area (TPSA) is 107 Å². The molecule has 0 aliphatic carbocycles. The van der Waals surface area contributed by atoms with Crippen molar-refractivity contribution in [2.24, 2.45) is 0 Å². The smallest absolute Gasteiger partial charge is 0.433 e. The number of amides is 1. The molecule has 1 amide bonds. The average molecular weight is 516 g/mol. The molecule has 2 heterocycles. The van der Waals surface area contributed by atoms with Gasteiger partial charge in [-0.25, -0.2) is 18.4 Å². The van der Waals surface area contributed by atoms with E-state index >= 15 is 0 Å². The van der Waals surface area contributed by atoms with Crippen molar-refractivity contribution in [3.05, 3.63) is 47.5 Å². The van der Waals surface area contributed by atoms with E-state index in [4.69, 9.17) is 9.47 Å². The molecule has 0 saturated carbocycles. The van der Waals surface area contributed by atoms with Crippen LogP contribution in [0.3, 0.4) is 0 Å². The van der Waals surface area contributed by atoms with Gasteiger partial charge in [-0.2, -0.15) is 13.2 Å². The van der Waals surface area contributed by atoms with Gasteiger partial charge in [0.25, 0.3) is 0 Å². The molecule has 8 nitrogen and oxygen atoms in total. The lowest BCUT2D eigenvalue weighted by Gasteiger charge is -2.12. The summed E-state index contributed by atoms with van der Waals surface area (Å²) in [4.78, 5) is 19.7. The lowest BCUT2D eigenvalue weighted by molar-refractivity contribution is -0.141. The first-order valence-corrected chi connectivity index (χ1v) is 12.3. The Morgan fingerprint density at radius 1 is 1.12 bits per heavy atom. The molecule has 13 heteroatoms. The van der Waals surface area contributed by atoms with Crippen LogP contribution in [-0.4, -0.2) is 44.3 Å². The number of hydrogen-bond acceptors (Lipinski definition) is 8. The number of alkyl halides is 3. The fourth-order valence-corrected chi connectivity index (χ4v) is 4.76. The Morgan fingerprint density at radius 2 is 1.88 bits per heavy atom. The molecule has 0 bridgehead atoms. The van der Waals surface area contributed by atoms with Gasteiger partial charge in [0.15, 0.2) is 0 Å². The summed E-state index contributed by atoms with van der Waals surface area (Å²) in [5, 5.41) is 3.31. The van der Waals surface area contributed by atoms with Gasteiger partial charge in [-0.3, -0.25) is 4.79 Å². The highest BCUT2D eigenvalue weighted by Gasteiger charge is 2.35. The Balaban J connectivity index is 1.72. The number of carbonyl (C=O) groups excluding carboxylic acids is 1. The highest BCUT2D eigenvalue weighted by atomic mass is 32.2. The number of nitrogens with one attached hydrogen (secondary N) is 1. The predicted molar refractivity (Wildman–Crippen MR) is 120 cm³/mol. The molecule has 3 rings (SSSR count). The van der Waals surface area contributed by atoms with Gasteiger partial charge in [-0.05, 0) is 36.1 Å². The molecule has 2 aromatic heterocycles. The molecule has 0 atom stereocenters. The first-order valence-electron chi connectivity index (χ1n) is 9.78. The van der Waals surface area contributed by atoms with Crippen LogP contribution in [0.15, 0.2) is 46.9 Å². The number of methoxy groups -OCH3 is 2. The van der Waals surface area contributed by atoms with Crippen molar-refractivity contribution in [3.63, 3.8) is 0 Å². The average Bonchev–Trinajstić information content (AvgIpc) is 3.33. The van der Waals surface area contributed by atoms with Crippen LogP contribution in [0.5, 0.6) is 11.5 Å². The van der Waals surface area contributed by atoms with E-state index < -0.39 is 38.5 Å². The summed E-state index contributed by atoms with van der Waals surface area (Å²) in [5.41, 5.74) is -1.13. The third-order valence-corrected chi connectivity index (χ3v) is 7.00. The minimum Gasteiger partial charge on any atom is -0.497 e. The standard InChI is InChI=1S/C21H20F3N3O5S2/c1-31-13-7-8-14(16(11-13)32-2)25-19(28)6-4-10-34(29,30)20-26-15(17-5-3-9-33-17)12-18(27-20)21(22,23)24/h3,5,7-9,11-12H,4,6,10H2,1-2H3,(H,25,28). The minimum absolute atomic E-state index is 0.139. The third kappa shape index (κ3) is 6.23. The van der Waals surface area contributed by atoms with Crippen LogP contribution < -0.4 is 14.8 Å². The highest BCUT2D eigenvalue weighted by Crippen LogP contribution is 2.33. The molecule has 0 aliphatic heterocycles. The van der Waals surface area contributed by atoms with Crippen LogP contribution in [0.4, 0.5) is 18.9 Å². The number of anilines is 1. The molecule has 1 N–H and O–H groups in total. The molecule has 3 aromatic rings.